The largest absolute Gasteiger partial charge is 0.488 e. The fourth-order valence-corrected chi connectivity index (χ4v) is 6.12. The van der Waals surface area contributed by atoms with Crippen molar-refractivity contribution in [3.63, 3.8) is 0 Å². The second-order valence-electron chi connectivity index (χ2n) is 13.0. The number of alkyl carbamates (subject to hydrolysis) is 1. The van der Waals surface area contributed by atoms with E-state index >= 15 is 0 Å². The average Bonchev–Trinajstić information content (AvgIpc) is 3.26. The van der Waals surface area contributed by atoms with Gasteiger partial charge in [0.05, 0.1) is 6.54 Å². The molecule has 2 aliphatic heterocycles. The Morgan fingerprint density at radius 3 is 2.67 bits per heavy atom. The molecular formula is C32H42N4O7. The van der Waals surface area contributed by atoms with Crippen molar-refractivity contribution in [2.45, 2.75) is 95.0 Å². The van der Waals surface area contributed by atoms with E-state index in [1.54, 1.807) is 20.8 Å². The predicted octanol–water partition coefficient (Wildman–Crippen LogP) is 3.90. The lowest BCUT2D eigenvalue weighted by Crippen LogP contribution is -2.56. The molecule has 1 saturated carbocycles. The van der Waals surface area contributed by atoms with Crippen molar-refractivity contribution in [3.8, 4) is 5.75 Å². The molecule has 2 fully saturated rings. The van der Waals surface area contributed by atoms with Crippen molar-refractivity contribution >= 4 is 34.8 Å². The lowest BCUT2D eigenvalue weighted by molar-refractivity contribution is -0.145. The quantitative estimate of drug-likeness (QED) is 0.457. The molecule has 232 valence electrons. The molecule has 3 heterocycles. The molecular weight excluding hydrogens is 552 g/mol. The minimum atomic E-state index is -1.39. The molecule has 5 atom stereocenters. The maximum Gasteiger partial charge on any atom is 0.408 e. The van der Waals surface area contributed by atoms with E-state index < -0.39 is 53.2 Å². The van der Waals surface area contributed by atoms with E-state index in [1.807, 2.05) is 54.2 Å². The van der Waals surface area contributed by atoms with Gasteiger partial charge >= 0.3 is 12.1 Å². The molecule has 3 N–H and O–H groups in total. The van der Waals surface area contributed by atoms with Crippen LogP contribution in [0, 0.1) is 5.92 Å². The van der Waals surface area contributed by atoms with Gasteiger partial charge in [0, 0.05) is 36.5 Å². The zero-order chi connectivity index (χ0) is 30.9. The SMILES string of the molecule is Cn1ccc2cc(O[C@@H]3C[C@H]4C(=O)N[C@]5(C(=O)O)C[C@H]5/C=C\CCCCC[C@H](NC(=O)OC(C)(C)C)C(=O)N4C3)ccc21. The highest BCUT2D eigenvalue weighted by Gasteiger charge is 2.61. The molecule has 1 aliphatic carbocycles. The van der Waals surface area contributed by atoms with Crippen molar-refractivity contribution in [3.05, 3.63) is 42.6 Å². The molecule has 2 aromatic rings. The Morgan fingerprint density at radius 2 is 1.93 bits per heavy atom. The van der Waals surface area contributed by atoms with Crippen LogP contribution < -0.4 is 15.4 Å². The first-order valence-corrected chi connectivity index (χ1v) is 15.1. The summed E-state index contributed by atoms with van der Waals surface area (Å²) in [6.07, 6.45) is 8.58. The Morgan fingerprint density at radius 1 is 1.14 bits per heavy atom. The summed E-state index contributed by atoms with van der Waals surface area (Å²) >= 11 is 0. The van der Waals surface area contributed by atoms with Crippen LogP contribution in [-0.2, 0) is 26.2 Å². The van der Waals surface area contributed by atoms with Crippen molar-refractivity contribution in [2.24, 2.45) is 13.0 Å². The number of nitrogens with one attached hydrogen (secondary N) is 2. The first-order chi connectivity index (χ1) is 20.4. The van der Waals surface area contributed by atoms with Gasteiger partial charge in [-0.25, -0.2) is 9.59 Å². The molecule has 1 aromatic heterocycles. The Balaban J connectivity index is 1.42. The Labute approximate surface area is 251 Å². The van der Waals surface area contributed by atoms with E-state index in [1.165, 1.54) is 4.90 Å². The van der Waals surface area contributed by atoms with Gasteiger partial charge in [0.2, 0.25) is 11.8 Å². The van der Waals surface area contributed by atoms with E-state index in [9.17, 15) is 24.3 Å². The van der Waals surface area contributed by atoms with Crippen molar-refractivity contribution in [1.82, 2.24) is 20.1 Å². The number of carboxylic acids is 1. The van der Waals surface area contributed by atoms with Gasteiger partial charge in [-0.05, 0) is 70.7 Å². The number of benzene rings is 1. The van der Waals surface area contributed by atoms with Gasteiger partial charge in [-0.3, -0.25) is 9.59 Å². The topological polar surface area (TPSA) is 139 Å². The number of ether oxygens (including phenoxy) is 2. The fourth-order valence-electron chi connectivity index (χ4n) is 6.12. The fraction of sp³-hybridized carbons (Fsp3) is 0.562. The number of nitrogens with zero attached hydrogens (tertiary/aromatic N) is 2. The van der Waals surface area contributed by atoms with Gasteiger partial charge in [-0.2, -0.15) is 0 Å². The second-order valence-corrected chi connectivity index (χ2v) is 13.0. The van der Waals surface area contributed by atoms with E-state index in [0.29, 0.717) is 25.0 Å². The number of fused-ring (bicyclic) bond motifs is 3. The van der Waals surface area contributed by atoms with Gasteiger partial charge < -0.3 is 34.7 Å². The van der Waals surface area contributed by atoms with Gasteiger partial charge in [-0.1, -0.05) is 25.0 Å². The molecule has 0 bridgehead atoms. The van der Waals surface area contributed by atoms with Gasteiger partial charge in [0.1, 0.15) is 35.1 Å². The number of rotatable bonds is 4. The zero-order valence-electron chi connectivity index (χ0n) is 25.3. The van der Waals surface area contributed by atoms with Crippen molar-refractivity contribution in [2.75, 3.05) is 6.54 Å². The summed E-state index contributed by atoms with van der Waals surface area (Å²) in [5, 5.41) is 16.6. The van der Waals surface area contributed by atoms with Gasteiger partial charge in [0.15, 0.2) is 0 Å². The summed E-state index contributed by atoms with van der Waals surface area (Å²) in [4.78, 5) is 54.3. The molecule has 11 nitrogen and oxygen atoms in total. The molecule has 0 radical (unpaired) electrons. The molecule has 11 heteroatoms. The number of aliphatic carboxylic acids is 1. The normalized spacial score (nSPS) is 29.0. The number of carboxylic acid groups (broad SMARTS) is 1. The Hall–Kier alpha value is -4.02. The monoisotopic (exact) mass is 594 g/mol. The lowest BCUT2D eigenvalue weighted by Gasteiger charge is -2.30. The van der Waals surface area contributed by atoms with Crippen molar-refractivity contribution < 1.29 is 33.8 Å². The van der Waals surface area contributed by atoms with Crippen molar-refractivity contribution in [1.29, 1.82) is 0 Å². The second kappa shape index (κ2) is 11.9. The summed E-state index contributed by atoms with van der Waals surface area (Å²) in [5.41, 5.74) is -1.10. The minimum Gasteiger partial charge on any atom is -0.488 e. The standard InChI is InChI=1S/C32H42N4O7/c1-31(2,3)43-30(41)33-24-11-9-7-5-6-8-10-21-18-32(21,29(39)40)34-27(37)26-17-23(19-36(26)28(24)38)42-22-12-13-25-20(16-22)14-15-35(25)4/h8,10,12-16,21,23-24,26H,5-7,9,11,17-19H2,1-4H3,(H,33,41)(H,34,37)(H,39,40)/b10-8-/t21-,23-,24+,26+,32-/m1/s1. The zero-order valence-corrected chi connectivity index (χ0v) is 25.3. The van der Waals surface area contributed by atoms with E-state index in [2.05, 4.69) is 10.6 Å². The Bertz CT molecular complexity index is 1430. The smallest absolute Gasteiger partial charge is 0.408 e. The Kier molecular flexibility index (Phi) is 8.45. The first kappa shape index (κ1) is 30.4. The number of carbonyl (C=O) groups is 4. The highest BCUT2D eigenvalue weighted by atomic mass is 16.6. The van der Waals surface area contributed by atoms with Crippen LogP contribution in [-0.4, -0.2) is 74.3 Å². The van der Waals surface area contributed by atoms with Crippen LogP contribution in [0.2, 0.25) is 0 Å². The molecule has 5 rings (SSSR count). The molecule has 3 amide bonds. The van der Waals surface area contributed by atoms with Crippen LogP contribution in [0.3, 0.4) is 0 Å². The molecule has 1 aromatic carbocycles. The summed E-state index contributed by atoms with van der Waals surface area (Å²) in [5.74, 6) is -1.75. The number of hydrogen-bond donors (Lipinski definition) is 3. The number of hydrogen-bond acceptors (Lipinski definition) is 6. The number of carbonyl (C=O) groups excluding carboxylic acids is 3. The summed E-state index contributed by atoms with van der Waals surface area (Å²) in [6, 6.07) is 5.83. The number of aryl methyl sites for hydroxylation is 1. The van der Waals surface area contributed by atoms with Crippen LogP contribution in [0.25, 0.3) is 10.9 Å². The van der Waals surface area contributed by atoms with Crippen LogP contribution in [0.15, 0.2) is 42.6 Å². The van der Waals surface area contributed by atoms with E-state index in [4.69, 9.17) is 9.47 Å². The maximum absolute atomic E-state index is 14.1. The summed E-state index contributed by atoms with van der Waals surface area (Å²) in [7, 11) is 1.96. The molecule has 43 heavy (non-hydrogen) atoms. The number of allylic oxidation sites excluding steroid dienone is 1. The highest BCUT2D eigenvalue weighted by Crippen LogP contribution is 2.45. The third-order valence-electron chi connectivity index (χ3n) is 8.47. The first-order valence-electron chi connectivity index (χ1n) is 15.1. The molecule has 3 aliphatic rings. The molecule has 0 unspecified atom stereocenters. The lowest BCUT2D eigenvalue weighted by atomic mass is 10.0. The van der Waals surface area contributed by atoms with Crippen LogP contribution >= 0.6 is 0 Å². The molecule has 0 spiro atoms. The van der Waals surface area contributed by atoms with E-state index in [0.717, 1.165) is 30.2 Å². The highest BCUT2D eigenvalue weighted by molar-refractivity contribution is 5.96. The summed E-state index contributed by atoms with van der Waals surface area (Å²) in [6.45, 7) is 5.35. The van der Waals surface area contributed by atoms with Gasteiger partial charge in [0.25, 0.3) is 0 Å². The van der Waals surface area contributed by atoms with Crippen LogP contribution in [0.5, 0.6) is 5.75 Å². The number of aromatic nitrogens is 1. The number of amides is 3. The van der Waals surface area contributed by atoms with Crippen LogP contribution in [0.1, 0.15) is 65.7 Å². The minimum absolute atomic E-state index is 0.111. The van der Waals surface area contributed by atoms with E-state index in [-0.39, 0.29) is 18.9 Å². The maximum atomic E-state index is 14.1. The van der Waals surface area contributed by atoms with Crippen LogP contribution in [0.4, 0.5) is 4.79 Å². The third kappa shape index (κ3) is 6.81. The predicted molar refractivity (Wildman–Crippen MR) is 159 cm³/mol. The van der Waals surface area contributed by atoms with Gasteiger partial charge in [-0.15, -0.1) is 0 Å². The molecule has 1 saturated heterocycles. The third-order valence-corrected chi connectivity index (χ3v) is 8.47. The average molecular weight is 595 g/mol. The summed E-state index contributed by atoms with van der Waals surface area (Å²) < 4.78 is 13.7.